The van der Waals surface area contributed by atoms with Gasteiger partial charge in [-0.25, -0.2) is 9.59 Å². The fraction of sp³-hybridized carbons (Fsp3) is 0.429. The Morgan fingerprint density at radius 2 is 2.10 bits per heavy atom. The second kappa shape index (κ2) is 5.81. The number of aromatic hydroxyl groups is 1. The summed E-state index contributed by atoms with van der Waals surface area (Å²) in [6, 6.07) is 3.50. The fourth-order valence-corrected chi connectivity index (χ4v) is 2.17. The maximum absolute atomic E-state index is 12.0. The highest BCUT2D eigenvalue weighted by atomic mass is 16.4. The van der Waals surface area contributed by atoms with Crippen molar-refractivity contribution in [3.63, 3.8) is 0 Å². The van der Waals surface area contributed by atoms with Gasteiger partial charge in [-0.1, -0.05) is 6.42 Å². The number of anilines is 1. The molecule has 2 rings (SSSR count). The SMILES string of the molecule is CN(CC1CCC1)C(=O)Nc1ccc(O)cc1C(=O)O. The minimum Gasteiger partial charge on any atom is -0.508 e. The molecule has 6 nitrogen and oxygen atoms in total. The van der Waals surface area contributed by atoms with Crippen molar-refractivity contribution in [3.8, 4) is 5.75 Å². The standard InChI is InChI=1S/C14H18N2O4/c1-16(8-9-3-2-4-9)14(20)15-12-6-5-10(17)7-11(12)13(18)19/h5-7,9,17H,2-4,8H2,1H3,(H,15,20)(H,18,19). The number of nitrogens with zero attached hydrogens (tertiary/aromatic N) is 1. The van der Waals surface area contributed by atoms with Gasteiger partial charge in [-0.2, -0.15) is 0 Å². The largest absolute Gasteiger partial charge is 0.508 e. The average molecular weight is 278 g/mol. The molecule has 0 spiro atoms. The van der Waals surface area contributed by atoms with E-state index in [2.05, 4.69) is 5.32 Å². The maximum atomic E-state index is 12.0. The van der Waals surface area contributed by atoms with E-state index in [1.807, 2.05) is 0 Å². The minimum absolute atomic E-state index is 0.129. The van der Waals surface area contributed by atoms with Gasteiger partial charge < -0.3 is 20.4 Å². The number of carbonyl (C=O) groups is 2. The smallest absolute Gasteiger partial charge is 0.337 e. The molecule has 1 saturated carbocycles. The Balaban J connectivity index is 2.04. The molecular formula is C14H18N2O4. The van der Waals surface area contributed by atoms with Crippen molar-refractivity contribution in [2.24, 2.45) is 5.92 Å². The molecule has 0 saturated heterocycles. The van der Waals surface area contributed by atoms with Crippen LogP contribution in [0.3, 0.4) is 0 Å². The topological polar surface area (TPSA) is 89.9 Å². The van der Waals surface area contributed by atoms with Crippen molar-refractivity contribution in [1.29, 1.82) is 0 Å². The van der Waals surface area contributed by atoms with Crippen LogP contribution in [0.5, 0.6) is 5.75 Å². The van der Waals surface area contributed by atoms with Gasteiger partial charge in [0.1, 0.15) is 5.75 Å². The molecule has 0 bridgehead atoms. The summed E-state index contributed by atoms with van der Waals surface area (Å²) in [5.41, 5.74) is 0.0520. The molecule has 2 amide bonds. The maximum Gasteiger partial charge on any atom is 0.337 e. The monoisotopic (exact) mass is 278 g/mol. The summed E-state index contributed by atoms with van der Waals surface area (Å²) in [7, 11) is 1.69. The number of rotatable bonds is 4. The lowest BCUT2D eigenvalue weighted by Crippen LogP contribution is -2.37. The molecule has 0 unspecified atom stereocenters. The molecule has 0 aliphatic heterocycles. The van der Waals surface area contributed by atoms with Gasteiger partial charge in [0.15, 0.2) is 0 Å². The molecule has 1 aromatic carbocycles. The number of urea groups is 1. The van der Waals surface area contributed by atoms with Crippen LogP contribution in [0.4, 0.5) is 10.5 Å². The molecule has 6 heteroatoms. The van der Waals surface area contributed by atoms with E-state index in [1.165, 1.54) is 18.6 Å². The van der Waals surface area contributed by atoms with Crippen molar-refractivity contribution in [1.82, 2.24) is 4.90 Å². The summed E-state index contributed by atoms with van der Waals surface area (Å²) >= 11 is 0. The molecule has 108 valence electrons. The normalized spacial score (nSPS) is 14.4. The van der Waals surface area contributed by atoms with Crippen LogP contribution in [0.25, 0.3) is 0 Å². The number of hydrogen-bond acceptors (Lipinski definition) is 3. The van der Waals surface area contributed by atoms with Gasteiger partial charge in [-0.3, -0.25) is 0 Å². The highest BCUT2D eigenvalue weighted by Gasteiger charge is 2.22. The van der Waals surface area contributed by atoms with Gasteiger partial charge in [-0.05, 0) is 37.0 Å². The molecule has 1 fully saturated rings. The predicted molar refractivity (Wildman–Crippen MR) is 74.1 cm³/mol. The zero-order chi connectivity index (χ0) is 14.7. The number of phenols is 1. The Labute approximate surface area is 117 Å². The summed E-state index contributed by atoms with van der Waals surface area (Å²) in [6.07, 6.45) is 3.48. The number of phenolic OH excluding ortho intramolecular Hbond substituents is 1. The summed E-state index contributed by atoms with van der Waals surface area (Å²) < 4.78 is 0. The number of carbonyl (C=O) groups excluding carboxylic acids is 1. The quantitative estimate of drug-likeness (QED) is 0.737. The van der Waals surface area contributed by atoms with Crippen LogP contribution in [-0.4, -0.2) is 40.7 Å². The Bertz CT molecular complexity index is 526. The Hall–Kier alpha value is -2.24. The highest BCUT2D eigenvalue weighted by Crippen LogP contribution is 2.27. The Kier molecular flexibility index (Phi) is 4.12. The van der Waals surface area contributed by atoms with Crippen LogP contribution < -0.4 is 5.32 Å². The van der Waals surface area contributed by atoms with E-state index in [1.54, 1.807) is 11.9 Å². The third-order valence-electron chi connectivity index (χ3n) is 3.58. The van der Waals surface area contributed by atoms with E-state index >= 15 is 0 Å². The van der Waals surface area contributed by atoms with Gasteiger partial charge in [-0.15, -0.1) is 0 Å². The van der Waals surface area contributed by atoms with Crippen LogP contribution in [0.1, 0.15) is 29.6 Å². The molecule has 0 atom stereocenters. The fourth-order valence-electron chi connectivity index (χ4n) is 2.17. The van der Waals surface area contributed by atoms with Gasteiger partial charge in [0, 0.05) is 13.6 Å². The first-order chi connectivity index (χ1) is 9.47. The van der Waals surface area contributed by atoms with E-state index in [4.69, 9.17) is 5.11 Å². The van der Waals surface area contributed by atoms with Crippen molar-refractivity contribution >= 4 is 17.7 Å². The molecule has 0 heterocycles. The zero-order valence-electron chi connectivity index (χ0n) is 11.3. The Morgan fingerprint density at radius 3 is 2.65 bits per heavy atom. The first kappa shape index (κ1) is 14.2. The van der Waals surface area contributed by atoms with Crippen LogP contribution in [-0.2, 0) is 0 Å². The lowest BCUT2D eigenvalue weighted by molar-refractivity contribution is 0.0697. The highest BCUT2D eigenvalue weighted by molar-refractivity contribution is 6.00. The minimum atomic E-state index is -1.20. The van der Waals surface area contributed by atoms with E-state index in [-0.39, 0.29) is 23.0 Å². The second-order valence-corrected chi connectivity index (χ2v) is 5.14. The lowest BCUT2D eigenvalue weighted by atomic mass is 9.85. The summed E-state index contributed by atoms with van der Waals surface area (Å²) in [5, 5.41) is 20.9. The predicted octanol–water partition coefficient (Wildman–Crippen LogP) is 2.35. The zero-order valence-corrected chi connectivity index (χ0v) is 11.3. The van der Waals surface area contributed by atoms with Gasteiger partial charge in [0.2, 0.25) is 0 Å². The van der Waals surface area contributed by atoms with Gasteiger partial charge in [0.05, 0.1) is 11.3 Å². The molecule has 1 aliphatic rings. The van der Waals surface area contributed by atoms with Crippen LogP contribution >= 0.6 is 0 Å². The number of nitrogens with one attached hydrogen (secondary N) is 1. The Morgan fingerprint density at radius 1 is 1.40 bits per heavy atom. The number of benzene rings is 1. The van der Waals surface area contributed by atoms with Crippen LogP contribution in [0, 0.1) is 5.92 Å². The third-order valence-corrected chi connectivity index (χ3v) is 3.58. The molecule has 20 heavy (non-hydrogen) atoms. The molecule has 1 aliphatic carbocycles. The van der Waals surface area contributed by atoms with Crippen LogP contribution in [0.2, 0.25) is 0 Å². The van der Waals surface area contributed by atoms with E-state index in [9.17, 15) is 14.7 Å². The summed E-state index contributed by atoms with van der Waals surface area (Å²) in [6.45, 7) is 0.673. The van der Waals surface area contributed by atoms with Gasteiger partial charge in [0.25, 0.3) is 0 Å². The summed E-state index contributed by atoms with van der Waals surface area (Å²) in [5.74, 6) is -0.800. The molecular weight excluding hydrogens is 260 g/mol. The number of hydrogen-bond donors (Lipinski definition) is 3. The third kappa shape index (κ3) is 3.20. The first-order valence-corrected chi connectivity index (χ1v) is 6.56. The number of carboxylic acid groups (broad SMARTS) is 1. The molecule has 3 N–H and O–H groups in total. The van der Waals surface area contributed by atoms with Crippen molar-refractivity contribution < 1.29 is 19.8 Å². The van der Waals surface area contributed by atoms with Crippen molar-refractivity contribution in [3.05, 3.63) is 23.8 Å². The van der Waals surface area contributed by atoms with Gasteiger partial charge >= 0.3 is 12.0 Å². The summed E-state index contributed by atoms with van der Waals surface area (Å²) in [4.78, 5) is 24.6. The van der Waals surface area contributed by atoms with E-state index in [0.29, 0.717) is 12.5 Å². The first-order valence-electron chi connectivity index (χ1n) is 6.56. The molecule has 0 aromatic heterocycles. The number of aromatic carboxylic acids is 1. The number of amides is 2. The molecule has 0 radical (unpaired) electrons. The van der Waals surface area contributed by atoms with Crippen LogP contribution in [0.15, 0.2) is 18.2 Å². The second-order valence-electron chi connectivity index (χ2n) is 5.14. The van der Waals surface area contributed by atoms with E-state index in [0.717, 1.165) is 18.9 Å². The van der Waals surface area contributed by atoms with Crippen molar-refractivity contribution in [2.75, 3.05) is 18.9 Å². The molecule has 1 aromatic rings. The van der Waals surface area contributed by atoms with E-state index < -0.39 is 5.97 Å². The lowest BCUT2D eigenvalue weighted by Gasteiger charge is -2.30. The average Bonchev–Trinajstić information content (AvgIpc) is 2.35. The number of carboxylic acids is 1. The van der Waals surface area contributed by atoms with Crippen molar-refractivity contribution in [2.45, 2.75) is 19.3 Å².